The number of hydrogen-bond donors (Lipinski definition) is 1. The predicted molar refractivity (Wildman–Crippen MR) is 99.5 cm³/mol. The van der Waals surface area contributed by atoms with Crippen molar-refractivity contribution in [2.75, 3.05) is 20.2 Å². The Labute approximate surface area is 154 Å². The van der Waals surface area contributed by atoms with E-state index in [0.29, 0.717) is 6.54 Å². The number of carboxylic acid groups (broad SMARTS) is 1. The average molecular weight is 357 g/mol. The maximum Gasteiger partial charge on any atom is 0.308 e. The standard InChI is InChI=1S/C20H27N3O3/c1-5-23-14(3)17(13(2)21-23)10-22-11-18(19(12-22)20(24)25)15-7-6-8-16(9-15)26-4/h6-9,18-19H,5,10-12H2,1-4H3,(H,24,25)/t18-,19+/m1/s1. The fourth-order valence-corrected chi connectivity index (χ4v) is 3.97. The molecule has 1 aromatic carbocycles. The van der Waals surface area contributed by atoms with Crippen molar-refractivity contribution < 1.29 is 14.6 Å². The van der Waals surface area contributed by atoms with Gasteiger partial charge in [-0.05, 0) is 38.5 Å². The Morgan fingerprint density at radius 2 is 2.12 bits per heavy atom. The minimum absolute atomic E-state index is 0.0376. The lowest BCUT2D eigenvalue weighted by Crippen LogP contribution is -2.23. The number of carbonyl (C=O) groups is 1. The molecule has 1 saturated heterocycles. The van der Waals surface area contributed by atoms with Crippen LogP contribution in [0.1, 0.15) is 35.4 Å². The first-order chi connectivity index (χ1) is 12.4. The van der Waals surface area contributed by atoms with Gasteiger partial charge in [-0.1, -0.05) is 12.1 Å². The summed E-state index contributed by atoms with van der Waals surface area (Å²) in [6.07, 6.45) is 0. The molecule has 0 bridgehead atoms. The van der Waals surface area contributed by atoms with Gasteiger partial charge >= 0.3 is 5.97 Å². The van der Waals surface area contributed by atoms with Crippen LogP contribution in [-0.4, -0.2) is 46.0 Å². The topological polar surface area (TPSA) is 67.6 Å². The SMILES string of the molecule is CCn1nc(C)c(CN2C[C@H](C(=O)O)[C@@H](c3cccc(OC)c3)C2)c1C. The van der Waals surface area contributed by atoms with Crippen LogP contribution in [0.25, 0.3) is 0 Å². The van der Waals surface area contributed by atoms with Crippen LogP contribution in [0.2, 0.25) is 0 Å². The van der Waals surface area contributed by atoms with Gasteiger partial charge in [0, 0.05) is 43.4 Å². The van der Waals surface area contributed by atoms with Crippen molar-refractivity contribution in [1.29, 1.82) is 0 Å². The molecule has 2 atom stereocenters. The third-order valence-corrected chi connectivity index (χ3v) is 5.45. The first kappa shape index (κ1) is 18.5. The van der Waals surface area contributed by atoms with Crippen molar-refractivity contribution in [3.63, 3.8) is 0 Å². The van der Waals surface area contributed by atoms with E-state index in [2.05, 4.69) is 23.8 Å². The summed E-state index contributed by atoms with van der Waals surface area (Å²) in [5, 5.41) is 14.3. The van der Waals surface area contributed by atoms with Crippen molar-refractivity contribution in [1.82, 2.24) is 14.7 Å². The number of ether oxygens (including phenoxy) is 1. The Hall–Kier alpha value is -2.34. The van der Waals surface area contributed by atoms with Gasteiger partial charge in [0.25, 0.3) is 0 Å². The molecule has 0 radical (unpaired) electrons. The van der Waals surface area contributed by atoms with Gasteiger partial charge in [0.1, 0.15) is 5.75 Å². The third kappa shape index (κ3) is 3.46. The molecule has 0 aliphatic carbocycles. The molecule has 1 aliphatic heterocycles. The number of aliphatic carboxylic acids is 1. The number of likely N-dealkylation sites (tertiary alicyclic amines) is 1. The summed E-state index contributed by atoms with van der Waals surface area (Å²) in [6, 6.07) is 7.77. The maximum atomic E-state index is 11.8. The van der Waals surface area contributed by atoms with E-state index in [-0.39, 0.29) is 5.92 Å². The molecule has 0 amide bonds. The van der Waals surface area contributed by atoms with Gasteiger partial charge < -0.3 is 9.84 Å². The summed E-state index contributed by atoms with van der Waals surface area (Å²) in [5.41, 5.74) is 4.43. The Morgan fingerprint density at radius 1 is 1.35 bits per heavy atom. The number of hydrogen-bond acceptors (Lipinski definition) is 4. The molecule has 2 aromatic rings. The molecule has 1 aromatic heterocycles. The van der Waals surface area contributed by atoms with E-state index in [1.165, 1.54) is 11.3 Å². The second kappa shape index (κ2) is 7.50. The van der Waals surface area contributed by atoms with Gasteiger partial charge in [0.2, 0.25) is 0 Å². The van der Waals surface area contributed by atoms with Crippen LogP contribution in [0, 0.1) is 19.8 Å². The lowest BCUT2D eigenvalue weighted by molar-refractivity contribution is -0.141. The Morgan fingerprint density at radius 3 is 2.73 bits per heavy atom. The highest BCUT2D eigenvalue weighted by molar-refractivity contribution is 5.72. The van der Waals surface area contributed by atoms with Gasteiger partial charge in [-0.15, -0.1) is 0 Å². The van der Waals surface area contributed by atoms with Gasteiger partial charge in [-0.25, -0.2) is 0 Å². The summed E-state index contributed by atoms with van der Waals surface area (Å²) in [5.74, 6) is -0.424. The van der Waals surface area contributed by atoms with E-state index >= 15 is 0 Å². The fraction of sp³-hybridized carbons (Fsp3) is 0.500. The number of benzene rings is 1. The number of methoxy groups -OCH3 is 1. The van der Waals surface area contributed by atoms with Crippen molar-refractivity contribution >= 4 is 5.97 Å². The van der Waals surface area contributed by atoms with E-state index < -0.39 is 11.9 Å². The highest BCUT2D eigenvalue weighted by atomic mass is 16.5. The van der Waals surface area contributed by atoms with Crippen LogP contribution in [0.15, 0.2) is 24.3 Å². The second-order valence-corrected chi connectivity index (χ2v) is 6.99. The molecule has 0 saturated carbocycles. The molecule has 0 unspecified atom stereocenters. The number of carboxylic acids is 1. The van der Waals surface area contributed by atoms with Crippen molar-refractivity contribution in [3.05, 3.63) is 46.8 Å². The normalized spacial score (nSPS) is 20.5. The average Bonchev–Trinajstić information content (AvgIpc) is 3.18. The summed E-state index contributed by atoms with van der Waals surface area (Å²) in [7, 11) is 1.63. The molecule has 26 heavy (non-hydrogen) atoms. The minimum Gasteiger partial charge on any atom is -0.497 e. The van der Waals surface area contributed by atoms with Crippen molar-refractivity contribution in [2.24, 2.45) is 5.92 Å². The van der Waals surface area contributed by atoms with Crippen LogP contribution in [0.3, 0.4) is 0 Å². The molecule has 1 aliphatic rings. The maximum absolute atomic E-state index is 11.8. The van der Waals surface area contributed by atoms with Crippen LogP contribution in [-0.2, 0) is 17.9 Å². The monoisotopic (exact) mass is 357 g/mol. The predicted octanol–water partition coefficient (Wildman–Crippen LogP) is 2.83. The van der Waals surface area contributed by atoms with Crippen LogP contribution >= 0.6 is 0 Å². The van der Waals surface area contributed by atoms with E-state index in [4.69, 9.17) is 4.74 Å². The number of aryl methyl sites for hydroxylation is 2. The van der Waals surface area contributed by atoms with Crippen molar-refractivity contribution in [2.45, 2.75) is 39.8 Å². The zero-order valence-corrected chi connectivity index (χ0v) is 15.9. The lowest BCUT2D eigenvalue weighted by Gasteiger charge is -2.17. The van der Waals surface area contributed by atoms with Gasteiger partial charge in [-0.3, -0.25) is 14.4 Å². The Bertz CT molecular complexity index is 800. The molecule has 1 N–H and O–H groups in total. The zero-order chi connectivity index (χ0) is 18.8. The van der Waals surface area contributed by atoms with E-state index in [0.717, 1.165) is 36.6 Å². The summed E-state index contributed by atoms with van der Waals surface area (Å²) in [4.78, 5) is 14.1. The summed E-state index contributed by atoms with van der Waals surface area (Å²) >= 11 is 0. The Balaban J connectivity index is 1.83. The van der Waals surface area contributed by atoms with Gasteiger partial charge in [-0.2, -0.15) is 5.10 Å². The van der Waals surface area contributed by atoms with E-state index in [9.17, 15) is 9.90 Å². The Kier molecular flexibility index (Phi) is 5.32. The molecule has 6 heteroatoms. The minimum atomic E-state index is -0.738. The van der Waals surface area contributed by atoms with E-state index in [1.807, 2.05) is 35.9 Å². The molecular formula is C20H27N3O3. The van der Waals surface area contributed by atoms with Crippen LogP contribution in [0.4, 0.5) is 0 Å². The zero-order valence-electron chi connectivity index (χ0n) is 15.9. The quantitative estimate of drug-likeness (QED) is 0.861. The molecule has 1 fully saturated rings. The lowest BCUT2D eigenvalue weighted by atomic mass is 9.89. The molecule has 140 valence electrons. The summed E-state index contributed by atoms with van der Waals surface area (Å²) < 4.78 is 7.32. The molecular weight excluding hydrogens is 330 g/mol. The summed E-state index contributed by atoms with van der Waals surface area (Å²) in [6.45, 7) is 9.05. The molecule has 3 rings (SSSR count). The first-order valence-corrected chi connectivity index (χ1v) is 9.06. The van der Waals surface area contributed by atoms with Crippen LogP contribution in [0.5, 0.6) is 5.75 Å². The number of rotatable bonds is 6. The van der Waals surface area contributed by atoms with Gasteiger partial charge in [0.15, 0.2) is 0 Å². The highest BCUT2D eigenvalue weighted by Gasteiger charge is 2.39. The molecule has 0 spiro atoms. The smallest absolute Gasteiger partial charge is 0.308 e. The van der Waals surface area contributed by atoms with Gasteiger partial charge in [0.05, 0.1) is 18.7 Å². The number of aromatic nitrogens is 2. The third-order valence-electron chi connectivity index (χ3n) is 5.45. The number of nitrogens with zero attached hydrogens (tertiary/aromatic N) is 3. The van der Waals surface area contributed by atoms with Crippen LogP contribution < -0.4 is 4.74 Å². The van der Waals surface area contributed by atoms with Crippen molar-refractivity contribution in [3.8, 4) is 5.75 Å². The second-order valence-electron chi connectivity index (χ2n) is 6.99. The largest absolute Gasteiger partial charge is 0.497 e. The van der Waals surface area contributed by atoms with E-state index in [1.54, 1.807) is 7.11 Å². The highest BCUT2D eigenvalue weighted by Crippen LogP contribution is 2.35. The fourth-order valence-electron chi connectivity index (χ4n) is 3.97. The molecule has 6 nitrogen and oxygen atoms in total. The molecule has 2 heterocycles. The first-order valence-electron chi connectivity index (χ1n) is 9.06.